The molecule has 1 aliphatic carbocycles. The average Bonchev–Trinajstić information content (AvgIpc) is 2.43. The van der Waals surface area contributed by atoms with Crippen molar-refractivity contribution in [2.45, 2.75) is 18.9 Å². The van der Waals surface area contributed by atoms with Gasteiger partial charge in [0.1, 0.15) is 11.5 Å². The molecule has 4 nitrogen and oxygen atoms in total. The van der Waals surface area contributed by atoms with E-state index >= 15 is 0 Å². The first kappa shape index (κ1) is 13.5. The molecule has 3 rings (SSSR count). The molecule has 0 bridgehead atoms. The van der Waals surface area contributed by atoms with Crippen molar-refractivity contribution >= 4 is 6.08 Å². The van der Waals surface area contributed by atoms with E-state index in [-0.39, 0.29) is 23.7 Å². The molecule has 4 N–H and O–H groups in total. The fourth-order valence-electron chi connectivity index (χ4n) is 2.70. The average molecular weight is 284 g/mol. The van der Waals surface area contributed by atoms with Crippen LogP contribution in [-0.4, -0.2) is 20.4 Å². The van der Waals surface area contributed by atoms with Gasteiger partial charge in [-0.1, -0.05) is 18.2 Å². The van der Waals surface area contributed by atoms with Gasteiger partial charge < -0.3 is 20.4 Å². The van der Waals surface area contributed by atoms with Gasteiger partial charge in [0.2, 0.25) is 0 Å². The van der Waals surface area contributed by atoms with Gasteiger partial charge in [0.15, 0.2) is 0 Å². The topological polar surface area (TPSA) is 80.9 Å². The summed E-state index contributed by atoms with van der Waals surface area (Å²) in [7, 11) is 0. The zero-order valence-electron chi connectivity index (χ0n) is 11.3. The predicted molar refractivity (Wildman–Crippen MR) is 79.2 cm³/mol. The molecule has 21 heavy (non-hydrogen) atoms. The maximum absolute atomic E-state index is 10.0. The molecular weight excluding hydrogens is 268 g/mol. The summed E-state index contributed by atoms with van der Waals surface area (Å²) in [6, 6.07) is 10.2. The van der Waals surface area contributed by atoms with Gasteiger partial charge in [-0.25, -0.2) is 0 Å². The van der Waals surface area contributed by atoms with E-state index in [2.05, 4.69) is 0 Å². The third-order valence-corrected chi connectivity index (χ3v) is 3.73. The van der Waals surface area contributed by atoms with Gasteiger partial charge >= 0.3 is 0 Å². The Kier molecular flexibility index (Phi) is 3.31. The molecule has 0 saturated heterocycles. The standard InChI is InChI=1S/C17H16O4/c18-12-4-1-10(2-5-12)7-11-3-6-15(20)17-14(11)8-13(19)9-16(17)21/h1-6,8,16,18-21H,7,9H2. The first-order valence-corrected chi connectivity index (χ1v) is 6.75. The highest BCUT2D eigenvalue weighted by atomic mass is 16.3. The molecule has 108 valence electrons. The van der Waals surface area contributed by atoms with Crippen LogP contribution in [0.1, 0.15) is 34.8 Å². The second-order valence-electron chi connectivity index (χ2n) is 5.27. The van der Waals surface area contributed by atoms with Gasteiger partial charge in [-0.15, -0.1) is 0 Å². The van der Waals surface area contributed by atoms with Crippen LogP contribution in [0.25, 0.3) is 6.08 Å². The van der Waals surface area contributed by atoms with E-state index in [1.807, 2.05) is 12.1 Å². The molecule has 1 unspecified atom stereocenters. The van der Waals surface area contributed by atoms with Crippen molar-refractivity contribution in [1.82, 2.24) is 0 Å². The fraction of sp³-hybridized carbons (Fsp3) is 0.176. The Labute approximate surface area is 122 Å². The Morgan fingerprint density at radius 2 is 1.67 bits per heavy atom. The molecule has 0 spiro atoms. The van der Waals surface area contributed by atoms with Crippen LogP contribution in [0.4, 0.5) is 0 Å². The van der Waals surface area contributed by atoms with Crippen molar-refractivity contribution in [3.8, 4) is 11.5 Å². The highest BCUT2D eigenvalue weighted by molar-refractivity contribution is 5.66. The Morgan fingerprint density at radius 3 is 2.38 bits per heavy atom. The minimum atomic E-state index is -0.898. The molecule has 2 aromatic rings. The summed E-state index contributed by atoms with van der Waals surface area (Å²) < 4.78 is 0. The van der Waals surface area contributed by atoms with Crippen molar-refractivity contribution in [2.75, 3.05) is 0 Å². The van der Waals surface area contributed by atoms with Crippen LogP contribution in [0.2, 0.25) is 0 Å². The number of benzene rings is 2. The maximum Gasteiger partial charge on any atom is 0.122 e. The number of aliphatic hydroxyl groups is 2. The van der Waals surface area contributed by atoms with Gasteiger partial charge in [0.25, 0.3) is 0 Å². The van der Waals surface area contributed by atoms with Gasteiger partial charge in [-0.05, 0) is 47.4 Å². The molecule has 1 aliphatic rings. The molecule has 0 heterocycles. The summed E-state index contributed by atoms with van der Waals surface area (Å²) in [4.78, 5) is 0. The summed E-state index contributed by atoms with van der Waals surface area (Å²) in [5.41, 5.74) is 3.02. The van der Waals surface area contributed by atoms with Crippen LogP contribution >= 0.6 is 0 Å². The SMILES string of the molecule is OC1=Cc2c(Cc3ccc(O)cc3)ccc(O)c2C(O)C1. The number of fused-ring (bicyclic) bond motifs is 1. The molecular formula is C17H16O4. The highest BCUT2D eigenvalue weighted by Crippen LogP contribution is 2.39. The molecule has 0 aromatic heterocycles. The number of hydrogen-bond acceptors (Lipinski definition) is 4. The van der Waals surface area contributed by atoms with Crippen LogP contribution in [0, 0.1) is 0 Å². The number of phenols is 2. The van der Waals surface area contributed by atoms with Crippen LogP contribution in [-0.2, 0) is 6.42 Å². The van der Waals surface area contributed by atoms with E-state index in [1.54, 1.807) is 30.3 Å². The van der Waals surface area contributed by atoms with Crippen LogP contribution in [0.15, 0.2) is 42.2 Å². The van der Waals surface area contributed by atoms with E-state index in [0.29, 0.717) is 17.5 Å². The number of phenolic OH excluding ortho intramolecular Hbond substituents is 2. The minimum absolute atomic E-state index is 0.0377. The molecule has 0 radical (unpaired) electrons. The lowest BCUT2D eigenvalue weighted by Crippen LogP contribution is -2.09. The van der Waals surface area contributed by atoms with E-state index < -0.39 is 6.10 Å². The Bertz CT molecular complexity index is 701. The highest BCUT2D eigenvalue weighted by Gasteiger charge is 2.24. The maximum atomic E-state index is 10.0. The largest absolute Gasteiger partial charge is 0.512 e. The first-order chi connectivity index (χ1) is 10.0. The summed E-state index contributed by atoms with van der Waals surface area (Å²) in [5, 5.41) is 39.0. The monoisotopic (exact) mass is 284 g/mol. The Hall–Kier alpha value is -2.46. The lowest BCUT2D eigenvalue weighted by Gasteiger charge is -2.22. The van der Waals surface area contributed by atoms with Crippen molar-refractivity contribution in [1.29, 1.82) is 0 Å². The van der Waals surface area contributed by atoms with E-state index in [1.165, 1.54) is 0 Å². The lowest BCUT2D eigenvalue weighted by molar-refractivity contribution is 0.155. The zero-order chi connectivity index (χ0) is 15.0. The summed E-state index contributed by atoms with van der Waals surface area (Å²) >= 11 is 0. The second kappa shape index (κ2) is 5.14. The number of aromatic hydroxyl groups is 2. The minimum Gasteiger partial charge on any atom is -0.512 e. The summed E-state index contributed by atoms with van der Waals surface area (Å²) in [6.07, 6.45) is 1.39. The molecule has 0 fully saturated rings. The summed E-state index contributed by atoms with van der Waals surface area (Å²) in [5.74, 6) is 0.350. The second-order valence-corrected chi connectivity index (χ2v) is 5.27. The van der Waals surface area contributed by atoms with Crippen LogP contribution in [0.5, 0.6) is 11.5 Å². The molecule has 0 amide bonds. The van der Waals surface area contributed by atoms with Gasteiger partial charge in [0, 0.05) is 12.0 Å². The molecule has 0 aliphatic heterocycles. The number of hydrogen-bond donors (Lipinski definition) is 4. The smallest absolute Gasteiger partial charge is 0.122 e. The third-order valence-electron chi connectivity index (χ3n) is 3.73. The molecule has 4 heteroatoms. The number of aliphatic hydroxyl groups excluding tert-OH is 2. The Morgan fingerprint density at radius 1 is 0.952 bits per heavy atom. The van der Waals surface area contributed by atoms with Crippen molar-refractivity contribution in [2.24, 2.45) is 0 Å². The van der Waals surface area contributed by atoms with Gasteiger partial charge in [-0.2, -0.15) is 0 Å². The van der Waals surface area contributed by atoms with E-state index in [9.17, 15) is 20.4 Å². The molecule has 2 aromatic carbocycles. The third kappa shape index (κ3) is 2.58. The van der Waals surface area contributed by atoms with Crippen LogP contribution < -0.4 is 0 Å². The summed E-state index contributed by atoms with van der Waals surface area (Å²) in [6.45, 7) is 0. The molecule has 0 saturated carbocycles. The normalized spacial score (nSPS) is 17.2. The van der Waals surface area contributed by atoms with Crippen LogP contribution in [0.3, 0.4) is 0 Å². The van der Waals surface area contributed by atoms with Crippen molar-refractivity contribution in [3.63, 3.8) is 0 Å². The predicted octanol–water partition coefficient (Wildman–Crippen LogP) is 3.02. The Balaban J connectivity index is 2.05. The lowest BCUT2D eigenvalue weighted by atomic mass is 9.87. The first-order valence-electron chi connectivity index (χ1n) is 6.75. The van der Waals surface area contributed by atoms with Crippen molar-refractivity contribution < 1.29 is 20.4 Å². The quantitative estimate of drug-likeness (QED) is 0.683. The zero-order valence-corrected chi connectivity index (χ0v) is 11.3. The van der Waals surface area contributed by atoms with Gasteiger partial charge in [0.05, 0.1) is 11.9 Å². The van der Waals surface area contributed by atoms with Crippen molar-refractivity contribution in [3.05, 3.63) is 64.4 Å². The fourth-order valence-corrected chi connectivity index (χ4v) is 2.70. The van der Waals surface area contributed by atoms with E-state index in [0.717, 1.165) is 11.1 Å². The van der Waals surface area contributed by atoms with E-state index in [4.69, 9.17) is 0 Å². The number of rotatable bonds is 2. The molecule has 1 atom stereocenters. The van der Waals surface area contributed by atoms with Gasteiger partial charge in [-0.3, -0.25) is 0 Å².